The second-order valence-corrected chi connectivity index (χ2v) is 6.09. The summed E-state index contributed by atoms with van der Waals surface area (Å²) in [6.45, 7) is 2.19. The number of nitrogens with zero attached hydrogens (tertiary/aromatic N) is 1. The van der Waals surface area contributed by atoms with Gasteiger partial charge < -0.3 is 15.4 Å². The van der Waals surface area contributed by atoms with Crippen molar-refractivity contribution in [2.45, 2.75) is 13.5 Å². The lowest BCUT2D eigenvalue weighted by Crippen LogP contribution is -2.16. The lowest BCUT2D eigenvalue weighted by Gasteiger charge is -2.11. The van der Waals surface area contributed by atoms with Crippen molar-refractivity contribution in [3.05, 3.63) is 89.4 Å². The first-order chi connectivity index (χ1) is 14.1. The molecule has 0 fully saturated rings. The number of aromatic nitrogens is 1. The Kier molecular flexibility index (Phi) is 6.52. The molecule has 2 aromatic carbocycles. The predicted octanol–water partition coefficient (Wildman–Crippen LogP) is 4.26. The summed E-state index contributed by atoms with van der Waals surface area (Å²) in [5.41, 5.74) is 1.46. The van der Waals surface area contributed by atoms with Gasteiger partial charge in [-0.2, -0.15) is 0 Å². The van der Waals surface area contributed by atoms with E-state index in [4.69, 9.17) is 4.74 Å². The van der Waals surface area contributed by atoms with Crippen LogP contribution in [0.5, 0.6) is 0 Å². The van der Waals surface area contributed by atoms with E-state index in [9.17, 15) is 14.0 Å². The van der Waals surface area contributed by atoms with E-state index in [1.54, 1.807) is 61.5 Å². The van der Waals surface area contributed by atoms with Crippen LogP contribution < -0.4 is 10.6 Å². The van der Waals surface area contributed by atoms with Gasteiger partial charge in [0.1, 0.15) is 11.6 Å². The number of hydrogen-bond donors (Lipinski definition) is 2. The second-order valence-electron chi connectivity index (χ2n) is 6.09. The Morgan fingerprint density at radius 3 is 2.62 bits per heavy atom. The molecule has 0 spiro atoms. The zero-order valence-corrected chi connectivity index (χ0v) is 15.8. The molecule has 0 saturated carbocycles. The number of halogens is 1. The SMILES string of the molecule is CCOC(=O)c1ccccc1NC(=O)c1ccnc(NCc2ccccc2F)c1. The van der Waals surface area contributed by atoms with Crippen molar-refractivity contribution in [1.82, 2.24) is 4.98 Å². The maximum atomic E-state index is 13.7. The number of rotatable bonds is 7. The average Bonchev–Trinajstić information content (AvgIpc) is 2.74. The Morgan fingerprint density at radius 2 is 1.83 bits per heavy atom. The van der Waals surface area contributed by atoms with Crippen molar-refractivity contribution in [2.75, 3.05) is 17.2 Å². The van der Waals surface area contributed by atoms with E-state index in [0.717, 1.165) is 0 Å². The number of anilines is 2. The van der Waals surface area contributed by atoms with Gasteiger partial charge in [-0.25, -0.2) is 14.2 Å². The van der Waals surface area contributed by atoms with Crippen LogP contribution in [0.2, 0.25) is 0 Å². The Morgan fingerprint density at radius 1 is 1.07 bits per heavy atom. The van der Waals surface area contributed by atoms with Gasteiger partial charge in [0.25, 0.3) is 5.91 Å². The van der Waals surface area contributed by atoms with Gasteiger partial charge in [-0.3, -0.25) is 4.79 Å². The maximum absolute atomic E-state index is 13.7. The number of amides is 1. The summed E-state index contributed by atoms with van der Waals surface area (Å²) in [5.74, 6) is -0.799. The smallest absolute Gasteiger partial charge is 0.340 e. The molecule has 1 aromatic heterocycles. The molecule has 1 amide bonds. The number of pyridine rings is 1. The van der Waals surface area contributed by atoms with Crippen LogP contribution in [0.1, 0.15) is 33.2 Å². The molecule has 1 heterocycles. The van der Waals surface area contributed by atoms with Crippen LogP contribution in [0.15, 0.2) is 66.9 Å². The van der Waals surface area contributed by atoms with Crippen LogP contribution in [0.25, 0.3) is 0 Å². The summed E-state index contributed by atoms with van der Waals surface area (Å²) in [6, 6.07) is 16.2. The van der Waals surface area contributed by atoms with E-state index in [2.05, 4.69) is 15.6 Å². The van der Waals surface area contributed by atoms with Crippen molar-refractivity contribution in [1.29, 1.82) is 0 Å². The number of esters is 1. The third kappa shape index (κ3) is 5.16. The van der Waals surface area contributed by atoms with E-state index in [1.165, 1.54) is 12.3 Å². The molecule has 3 aromatic rings. The average molecular weight is 393 g/mol. The Labute approximate surface area is 167 Å². The molecular weight excluding hydrogens is 373 g/mol. The van der Waals surface area contributed by atoms with Gasteiger partial charge in [0.05, 0.1) is 17.9 Å². The fourth-order valence-electron chi connectivity index (χ4n) is 2.67. The highest BCUT2D eigenvalue weighted by atomic mass is 19.1. The normalized spacial score (nSPS) is 10.3. The van der Waals surface area contributed by atoms with E-state index >= 15 is 0 Å². The molecule has 0 unspecified atom stereocenters. The summed E-state index contributed by atoms with van der Waals surface area (Å²) in [5, 5.41) is 5.72. The van der Waals surface area contributed by atoms with Gasteiger partial charge in [-0.15, -0.1) is 0 Å². The van der Waals surface area contributed by atoms with Crippen molar-refractivity contribution in [3.63, 3.8) is 0 Å². The number of ether oxygens (including phenoxy) is 1. The first kappa shape index (κ1) is 20.0. The summed E-state index contributed by atoms with van der Waals surface area (Å²) in [4.78, 5) is 28.9. The number of carbonyl (C=O) groups is 2. The maximum Gasteiger partial charge on any atom is 0.340 e. The molecule has 0 atom stereocenters. The van der Waals surface area contributed by atoms with Crippen molar-refractivity contribution in [2.24, 2.45) is 0 Å². The minimum Gasteiger partial charge on any atom is -0.462 e. The molecule has 3 rings (SSSR count). The number of para-hydroxylation sites is 1. The summed E-state index contributed by atoms with van der Waals surface area (Å²) in [7, 11) is 0. The van der Waals surface area contributed by atoms with E-state index in [0.29, 0.717) is 22.6 Å². The molecule has 0 bridgehead atoms. The second kappa shape index (κ2) is 9.45. The highest BCUT2D eigenvalue weighted by molar-refractivity contribution is 6.08. The first-order valence-corrected chi connectivity index (χ1v) is 9.09. The highest BCUT2D eigenvalue weighted by Gasteiger charge is 2.15. The van der Waals surface area contributed by atoms with Gasteiger partial charge >= 0.3 is 5.97 Å². The monoisotopic (exact) mass is 393 g/mol. The Balaban J connectivity index is 1.72. The van der Waals surface area contributed by atoms with Gasteiger partial charge in [-0.1, -0.05) is 30.3 Å². The van der Waals surface area contributed by atoms with E-state index < -0.39 is 11.9 Å². The predicted molar refractivity (Wildman–Crippen MR) is 108 cm³/mol. The number of carbonyl (C=O) groups excluding carboxylic acids is 2. The molecule has 0 saturated heterocycles. The minimum absolute atomic E-state index is 0.233. The first-order valence-electron chi connectivity index (χ1n) is 9.09. The van der Waals surface area contributed by atoms with Crippen LogP contribution in [0.3, 0.4) is 0 Å². The van der Waals surface area contributed by atoms with Crippen molar-refractivity contribution >= 4 is 23.4 Å². The Hall–Kier alpha value is -3.74. The third-order valence-corrected chi connectivity index (χ3v) is 4.11. The Bertz CT molecular complexity index is 1020. The molecule has 0 aliphatic rings. The van der Waals surface area contributed by atoms with Gasteiger partial charge in [0, 0.05) is 23.9 Å². The molecule has 7 heteroatoms. The molecule has 148 valence electrons. The van der Waals surface area contributed by atoms with Gasteiger partial charge in [0.15, 0.2) is 0 Å². The lowest BCUT2D eigenvalue weighted by atomic mass is 10.1. The number of hydrogen-bond acceptors (Lipinski definition) is 5. The van der Waals surface area contributed by atoms with Gasteiger partial charge in [0.2, 0.25) is 0 Å². The van der Waals surface area contributed by atoms with Crippen LogP contribution in [0.4, 0.5) is 15.9 Å². The molecule has 2 N–H and O–H groups in total. The number of nitrogens with one attached hydrogen (secondary N) is 2. The largest absolute Gasteiger partial charge is 0.462 e. The summed E-state index contributed by atoms with van der Waals surface area (Å²) >= 11 is 0. The fourth-order valence-corrected chi connectivity index (χ4v) is 2.67. The van der Waals surface area contributed by atoms with E-state index in [-0.39, 0.29) is 24.5 Å². The molecular formula is C22H20FN3O3. The zero-order chi connectivity index (χ0) is 20.6. The molecule has 6 nitrogen and oxygen atoms in total. The van der Waals surface area contributed by atoms with Crippen LogP contribution in [0, 0.1) is 5.82 Å². The molecule has 0 radical (unpaired) electrons. The van der Waals surface area contributed by atoms with Crippen LogP contribution >= 0.6 is 0 Å². The quantitative estimate of drug-likeness (QED) is 0.586. The molecule has 0 aliphatic carbocycles. The third-order valence-electron chi connectivity index (χ3n) is 4.11. The van der Waals surface area contributed by atoms with Crippen molar-refractivity contribution < 1.29 is 18.7 Å². The van der Waals surface area contributed by atoms with Crippen LogP contribution in [-0.4, -0.2) is 23.5 Å². The topological polar surface area (TPSA) is 80.3 Å². The zero-order valence-electron chi connectivity index (χ0n) is 15.8. The summed E-state index contributed by atoms with van der Waals surface area (Å²) < 4.78 is 18.8. The van der Waals surface area contributed by atoms with Crippen LogP contribution in [-0.2, 0) is 11.3 Å². The highest BCUT2D eigenvalue weighted by Crippen LogP contribution is 2.18. The molecule has 29 heavy (non-hydrogen) atoms. The van der Waals surface area contributed by atoms with Crippen molar-refractivity contribution in [3.8, 4) is 0 Å². The molecule has 0 aliphatic heterocycles. The van der Waals surface area contributed by atoms with E-state index in [1.807, 2.05) is 0 Å². The standard InChI is InChI=1S/C22H20FN3O3/c1-2-29-22(28)17-8-4-6-10-19(17)26-21(27)15-11-12-24-20(13-15)25-14-16-7-3-5-9-18(16)23/h3-13H,2,14H2,1H3,(H,24,25)(H,26,27). The summed E-state index contributed by atoms with van der Waals surface area (Å²) in [6.07, 6.45) is 1.48. The lowest BCUT2D eigenvalue weighted by molar-refractivity contribution is 0.0527. The number of benzene rings is 2. The fraction of sp³-hybridized carbons (Fsp3) is 0.136. The van der Waals surface area contributed by atoms with Gasteiger partial charge in [-0.05, 0) is 37.3 Å². The minimum atomic E-state index is -0.509.